The zero-order valence-corrected chi connectivity index (χ0v) is 9.09. The van der Waals surface area contributed by atoms with Gasteiger partial charge in [0.1, 0.15) is 5.75 Å². The SMILES string of the molecule is COc1cc(F)c(F)cc1C1(CO)CCC1. The Kier molecular flexibility index (Phi) is 2.84. The number of ether oxygens (including phenoxy) is 1. The van der Waals surface area contributed by atoms with Crippen molar-refractivity contribution >= 4 is 0 Å². The van der Waals surface area contributed by atoms with Crippen molar-refractivity contribution in [2.45, 2.75) is 24.7 Å². The molecule has 1 aliphatic rings. The first-order chi connectivity index (χ1) is 7.63. The van der Waals surface area contributed by atoms with E-state index >= 15 is 0 Å². The molecule has 4 heteroatoms. The van der Waals surface area contributed by atoms with Gasteiger partial charge in [-0.2, -0.15) is 0 Å². The van der Waals surface area contributed by atoms with Gasteiger partial charge in [-0.1, -0.05) is 6.42 Å². The summed E-state index contributed by atoms with van der Waals surface area (Å²) >= 11 is 0. The molecule has 0 unspecified atom stereocenters. The number of benzene rings is 1. The molecule has 0 amide bonds. The Morgan fingerprint density at radius 1 is 1.31 bits per heavy atom. The Morgan fingerprint density at radius 2 is 1.94 bits per heavy atom. The minimum Gasteiger partial charge on any atom is -0.496 e. The fourth-order valence-corrected chi connectivity index (χ4v) is 2.23. The lowest BCUT2D eigenvalue weighted by Gasteiger charge is -2.41. The second kappa shape index (κ2) is 4.01. The maximum Gasteiger partial charge on any atom is 0.162 e. The number of halogens is 2. The monoisotopic (exact) mass is 228 g/mol. The summed E-state index contributed by atoms with van der Waals surface area (Å²) in [6.45, 7) is -0.0611. The number of hydrogen-bond acceptors (Lipinski definition) is 2. The molecule has 2 nitrogen and oxygen atoms in total. The van der Waals surface area contributed by atoms with Gasteiger partial charge in [-0.05, 0) is 18.9 Å². The fourth-order valence-electron chi connectivity index (χ4n) is 2.23. The fraction of sp³-hybridized carbons (Fsp3) is 0.500. The molecular weight excluding hydrogens is 214 g/mol. The lowest BCUT2D eigenvalue weighted by atomic mass is 9.65. The predicted octanol–water partition coefficient (Wildman–Crippen LogP) is 2.39. The van der Waals surface area contributed by atoms with Crippen molar-refractivity contribution in [3.63, 3.8) is 0 Å². The van der Waals surface area contributed by atoms with Crippen molar-refractivity contribution in [1.29, 1.82) is 0 Å². The van der Waals surface area contributed by atoms with Crippen molar-refractivity contribution in [3.8, 4) is 5.75 Å². The summed E-state index contributed by atoms with van der Waals surface area (Å²) in [5, 5.41) is 9.40. The van der Waals surface area contributed by atoms with Gasteiger partial charge in [-0.3, -0.25) is 0 Å². The van der Waals surface area contributed by atoms with E-state index in [9.17, 15) is 13.9 Å². The highest BCUT2D eigenvalue weighted by Gasteiger charge is 2.40. The quantitative estimate of drug-likeness (QED) is 0.860. The summed E-state index contributed by atoms with van der Waals surface area (Å²) in [7, 11) is 1.42. The first-order valence-electron chi connectivity index (χ1n) is 5.27. The van der Waals surface area contributed by atoms with Gasteiger partial charge in [0.25, 0.3) is 0 Å². The average Bonchev–Trinajstić information content (AvgIpc) is 2.22. The molecule has 1 aromatic carbocycles. The van der Waals surface area contributed by atoms with Crippen LogP contribution in [-0.2, 0) is 5.41 Å². The molecule has 0 heterocycles. The molecule has 0 atom stereocenters. The van der Waals surface area contributed by atoms with Crippen LogP contribution in [0.2, 0.25) is 0 Å². The van der Waals surface area contributed by atoms with Crippen molar-refractivity contribution in [1.82, 2.24) is 0 Å². The second-order valence-electron chi connectivity index (χ2n) is 4.26. The Balaban J connectivity index is 2.50. The van der Waals surface area contributed by atoms with Gasteiger partial charge in [-0.25, -0.2) is 8.78 Å². The lowest BCUT2D eigenvalue weighted by molar-refractivity contribution is 0.117. The minimum atomic E-state index is -0.923. The molecule has 16 heavy (non-hydrogen) atoms. The van der Waals surface area contributed by atoms with Gasteiger partial charge in [-0.15, -0.1) is 0 Å². The van der Waals surface area contributed by atoms with Gasteiger partial charge in [0.15, 0.2) is 11.6 Å². The molecule has 1 aliphatic carbocycles. The van der Waals surface area contributed by atoms with E-state index in [1.807, 2.05) is 0 Å². The normalized spacial score (nSPS) is 18.0. The first-order valence-corrected chi connectivity index (χ1v) is 5.27. The van der Waals surface area contributed by atoms with Crippen LogP contribution in [0.1, 0.15) is 24.8 Å². The third-order valence-corrected chi connectivity index (χ3v) is 3.43. The van der Waals surface area contributed by atoms with Crippen molar-refractivity contribution < 1.29 is 18.6 Å². The molecule has 0 spiro atoms. The zero-order chi connectivity index (χ0) is 11.8. The Bertz CT molecular complexity index is 395. The highest BCUT2D eigenvalue weighted by Crippen LogP contribution is 2.47. The molecule has 0 aliphatic heterocycles. The van der Waals surface area contributed by atoms with Crippen molar-refractivity contribution in [2.75, 3.05) is 13.7 Å². The number of aliphatic hydroxyl groups excluding tert-OH is 1. The highest BCUT2D eigenvalue weighted by atomic mass is 19.2. The summed E-state index contributed by atoms with van der Waals surface area (Å²) in [4.78, 5) is 0. The smallest absolute Gasteiger partial charge is 0.162 e. The highest BCUT2D eigenvalue weighted by molar-refractivity contribution is 5.42. The van der Waals surface area contributed by atoms with E-state index in [1.165, 1.54) is 7.11 Å². The Morgan fingerprint density at radius 3 is 2.38 bits per heavy atom. The standard InChI is InChI=1S/C12H14F2O2/c1-16-11-6-10(14)9(13)5-8(11)12(7-15)3-2-4-12/h5-6,15H,2-4,7H2,1H3. The molecule has 1 fully saturated rings. The van der Waals surface area contributed by atoms with Crippen molar-refractivity contribution in [2.24, 2.45) is 0 Å². The van der Waals surface area contributed by atoms with Crippen molar-refractivity contribution in [3.05, 3.63) is 29.3 Å². The third-order valence-electron chi connectivity index (χ3n) is 3.43. The van der Waals surface area contributed by atoms with E-state index in [0.717, 1.165) is 31.4 Å². The van der Waals surface area contributed by atoms with Crippen LogP contribution in [0, 0.1) is 11.6 Å². The third kappa shape index (κ3) is 1.57. The van der Waals surface area contributed by atoms with E-state index in [-0.39, 0.29) is 6.61 Å². The summed E-state index contributed by atoms with van der Waals surface area (Å²) in [6, 6.07) is 2.18. The molecule has 1 N–H and O–H groups in total. The van der Waals surface area contributed by atoms with Crippen LogP contribution in [0.3, 0.4) is 0 Å². The molecule has 0 radical (unpaired) electrons. The molecule has 88 valence electrons. The van der Waals surface area contributed by atoms with Crippen LogP contribution in [0.25, 0.3) is 0 Å². The van der Waals surface area contributed by atoms with Crippen LogP contribution >= 0.6 is 0 Å². The number of aliphatic hydroxyl groups is 1. The van der Waals surface area contributed by atoms with Gasteiger partial charge in [0, 0.05) is 17.0 Å². The minimum absolute atomic E-state index is 0.0611. The maximum atomic E-state index is 13.2. The molecular formula is C12H14F2O2. The Hall–Kier alpha value is -1.16. The maximum absolute atomic E-state index is 13.2. The molecule has 2 rings (SSSR count). The van der Waals surface area contributed by atoms with Gasteiger partial charge in [0.05, 0.1) is 13.7 Å². The van der Waals surface area contributed by atoms with Gasteiger partial charge < -0.3 is 9.84 Å². The zero-order valence-electron chi connectivity index (χ0n) is 9.09. The van der Waals surface area contributed by atoms with E-state index in [1.54, 1.807) is 0 Å². The molecule has 1 saturated carbocycles. The van der Waals surface area contributed by atoms with E-state index in [2.05, 4.69) is 0 Å². The van der Waals surface area contributed by atoms with Gasteiger partial charge >= 0.3 is 0 Å². The summed E-state index contributed by atoms with van der Waals surface area (Å²) in [6.07, 6.45) is 2.55. The summed E-state index contributed by atoms with van der Waals surface area (Å²) in [5.41, 5.74) is 0.127. The Labute approximate surface area is 92.9 Å². The number of rotatable bonds is 3. The number of hydrogen-bond donors (Lipinski definition) is 1. The predicted molar refractivity (Wildman–Crippen MR) is 55.5 cm³/mol. The first kappa shape index (κ1) is 11.3. The molecule has 0 saturated heterocycles. The summed E-state index contributed by atoms with van der Waals surface area (Å²) in [5.74, 6) is -1.50. The topological polar surface area (TPSA) is 29.5 Å². The number of methoxy groups -OCH3 is 1. The second-order valence-corrected chi connectivity index (χ2v) is 4.26. The van der Waals surface area contributed by atoms with Crippen LogP contribution in [-0.4, -0.2) is 18.8 Å². The summed E-state index contributed by atoms with van der Waals surface area (Å²) < 4.78 is 31.3. The van der Waals surface area contributed by atoms with Gasteiger partial charge in [0.2, 0.25) is 0 Å². The van der Waals surface area contributed by atoms with E-state index in [4.69, 9.17) is 4.74 Å². The van der Waals surface area contributed by atoms with Crippen LogP contribution in [0.15, 0.2) is 12.1 Å². The molecule has 1 aromatic rings. The largest absolute Gasteiger partial charge is 0.496 e. The van der Waals surface area contributed by atoms with E-state index < -0.39 is 17.0 Å². The van der Waals surface area contributed by atoms with Crippen LogP contribution in [0.4, 0.5) is 8.78 Å². The van der Waals surface area contributed by atoms with Crippen LogP contribution in [0.5, 0.6) is 5.75 Å². The molecule has 0 aromatic heterocycles. The van der Waals surface area contributed by atoms with E-state index in [0.29, 0.717) is 11.3 Å². The molecule has 0 bridgehead atoms. The average molecular weight is 228 g/mol. The lowest BCUT2D eigenvalue weighted by Crippen LogP contribution is -2.38. The van der Waals surface area contributed by atoms with Crippen LogP contribution < -0.4 is 4.74 Å².